The number of hydrogen-bond donors (Lipinski definition) is 0. The number of benzene rings is 1. The fraction of sp³-hybridized carbons (Fsp3) is 0.600. The van der Waals surface area contributed by atoms with Gasteiger partial charge >= 0.3 is 13.8 Å². The topological polar surface area (TPSA) is 63.5 Å². The second-order valence-electron chi connectivity index (χ2n) is 5.47. The van der Waals surface area contributed by atoms with Crippen LogP contribution in [0.3, 0.4) is 0 Å². The van der Waals surface area contributed by atoms with E-state index in [4.69, 9.17) is 9.05 Å². The Hall–Kier alpha value is -1.44. The predicted octanol–water partition coefficient (Wildman–Crippen LogP) is 4.96. The van der Waals surface area contributed by atoms with Crippen molar-refractivity contribution in [3.63, 3.8) is 0 Å². The first-order valence-electron chi connectivity index (χ1n) is 7.91. The van der Waals surface area contributed by atoms with Gasteiger partial charge in [0.05, 0.1) is 19.3 Å². The van der Waals surface area contributed by atoms with Crippen molar-refractivity contribution >= 4 is 7.60 Å². The summed E-state index contributed by atoms with van der Waals surface area (Å²) < 4.78 is 65.9. The molecule has 140 valence electrons. The van der Waals surface area contributed by atoms with Crippen LogP contribution in [-0.4, -0.2) is 36.2 Å². The summed E-state index contributed by atoms with van der Waals surface area (Å²) in [5, 5.41) is 4.99. The molecule has 1 heterocycles. The van der Waals surface area contributed by atoms with E-state index in [1.54, 1.807) is 37.3 Å². The van der Waals surface area contributed by atoms with Gasteiger partial charge in [-0.2, -0.15) is 18.3 Å². The normalized spacial score (nSPS) is 22.4. The van der Waals surface area contributed by atoms with Gasteiger partial charge in [-0.25, -0.2) is 5.01 Å². The van der Waals surface area contributed by atoms with Crippen LogP contribution in [0.25, 0.3) is 0 Å². The third-order valence-electron chi connectivity index (χ3n) is 3.98. The Morgan fingerprint density at radius 2 is 1.80 bits per heavy atom. The van der Waals surface area contributed by atoms with Gasteiger partial charge in [-0.3, -0.25) is 4.57 Å². The summed E-state index contributed by atoms with van der Waals surface area (Å²) in [6, 6.07) is 7.68. The van der Waals surface area contributed by atoms with Gasteiger partial charge < -0.3 is 9.05 Å². The van der Waals surface area contributed by atoms with Crippen LogP contribution in [0.5, 0.6) is 0 Å². The van der Waals surface area contributed by atoms with Crippen LogP contribution in [0.4, 0.5) is 13.2 Å². The highest BCUT2D eigenvalue weighted by molar-refractivity contribution is 7.55. The molecule has 0 saturated heterocycles. The molecule has 0 aliphatic carbocycles. The second-order valence-corrected chi connectivity index (χ2v) is 7.72. The molecule has 0 N–H and O–H groups in total. The van der Waals surface area contributed by atoms with Gasteiger partial charge in [0.15, 0.2) is 0 Å². The first-order valence-corrected chi connectivity index (χ1v) is 9.45. The summed E-state index contributed by atoms with van der Waals surface area (Å²) in [4.78, 5) is 0. The molecule has 0 unspecified atom stereocenters. The molecule has 1 aromatic rings. The Bertz CT molecular complexity index is 646. The minimum atomic E-state index is -4.93. The average Bonchev–Trinajstić information content (AvgIpc) is 3.02. The monoisotopic (exact) mass is 379 g/mol. The molecule has 0 spiro atoms. The van der Waals surface area contributed by atoms with Gasteiger partial charge in [-0.05, 0) is 26.3 Å². The lowest BCUT2D eigenvalue weighted by Crippen LogP contribution is -2.57. The molecule has 6 nitrogen and oxygen atoms in total. The molecule has 0 radical (unpaired) electrons. The van der Waals surface area contributed by atoms with Crippen LogP contribution in [-0.2, 0) is 13.6 Å². The third kappa shape index (κ3) is 3.32. The first kappa shape index (κ1) is 19.9. The first-order chi connectivity index (χ1) is 11.7. The Balaban J connectivity index is 2.58. The predicted molar refractivity (Wildman–Crippen MR) is 86.1 cm³/mol. The standard InChI is InChI=1S/C15H21F3N3O3P/c1-4-23-25(22,24-5-2)14(15(16,17)18)11-19-20-21(14)12(3)13-9-7-6-8-10-13/h6-10,12H,4-5,11H2,1-3H3/t12-,14-/m0/s1. The van der Waals surface area contributed by atoms with Crippen LogP contribution in [0.2, 0.25) is 0 Å². The molecule has 1 aromatic carbocycles. The zero-order valence-corrected chi connectivity index (χ0v) is 15.1. The van der Waals surface area contributed by atoms with E-state index in [-0.39, 0.29) is 13.2 Å². The second kappa shape index (κ2) is 7.43. The van der Waals surface area contributed by atoms with Crippen molar-refractivity contribution in [1.29, 1.82) is 0 Å². The van der Waals surface area contributed by atoms with Crippen molar-refractivity contribution in [3.05, 3.63) is 35.9 Å². The number of nitrogens with zero attached hydrogens (tertiary/aromatic N) is 3. The van der Waals surface area contributed by atoms with Crippen LogP contribution >= 0.6 is 7.60 Å². The van der Waals surface area contributed by atoms with E-state index in [1.807, 2.05) is 0 Å². The highest BCUT2D eigenvalue weighted by Crippen LogP contribution is 2.69. The van der Waals surface area contributed by atoms with Crippen LogP contribution in [0.1, 0.15) is 32.4 Å². The van der Waals surface area contributed by atoms with Crippen molar-refractivity contribution in [3.8, 4) is 0 Å². The third-order valence-corrected chi connectivity index (χ3v) is 6.69. The van der Waals surface area contributed by atoms with Crippen LogP contribution in [0, 0.1) is 0 Å². The van der Waals surface area contributed by atoms with Gasteiger partial charge in [0.1, 0.15) is 6.54 Å². The molecule has 2 atom stereocenters. The molecule has 1 aliphatic rings. The number of rotatable bonds is 7. The van der Waals surface area contributed by atoms with Crippen molar-refractivity contribution in [1.82, 2.24) is 5.01 Å². The molecule has 0 fully saturated rings. The zero-order chi connectivity index (χ0) is 18.7. The van der Waals surface area contributed by atoms with E-state index in [0.717, 1.165) is 0 Å². The van der Waals surface area contributed by atoms with E-state index in [0.29, 0.717) is 10.6 Å². The van der Waals surface area contributed by atoms with Crippen molar-refractivity contribution in [2.45, 2.75) is 38.3 Å². The molecule has 2 rings (SSSR count). The van der Waals surface area contributed by atoms with Crippen molar-refractivity contribution in [2.24, 2.45) is 10.3 Å². The van der Waals surface area contributed by atoms with Crippen LogP contribution < -0.4 is 0 Å². The van der Waals surface area contributed by atoms with Gasteiger partial charge in [-0.1, -0.05) is 35.6 Å². The average molecular weight is 379 g/mol. The Kier molecular flexibility index (Phi) is 5.91. The lowest BCUT2D eigenvalue weighted by molar-refractivity contribution is -0.205. The van der Waals surface area contributed by atoms with Crippen molar-refractivity contribution in [2.75, 3.05) is 19.8 Å². The lowest BCUT2D eigenvalue weighted by Gasteiger charge is -2.43. The van der Waals surface area contributed by atoms with Gasteiger partial charge in [0.2, 0.25) is 0 Å². The summed E-state index contributed by atoms with van der Waals surface area (Å²) in [6.45, 7) is 3.24. The maximum atomic E-state index is 14.2. The highest BCUT2D eigenvalue weighted by atomic mass is 31.2. The Labute approximate surface area is 144 Å². The minimum Gasteiger partial charge on any atom is -0.307 e. The van der Waals surface area contributed by atoms with E-state index in [1.165, 1.54) is 13.8 Å². The van der Waals surface area contributed by atoms with Crippen molar-refractivity contribution < 1.29 is 26.8 Å². The maximum absolute atomic E-state index is 14.2. The smallest absolute Gasteiger partial charge is 0.307 e. The van der Waals surface area contributed by atoms with Gasteiger partial charge in [0.25, 0.3) is 5.28 Å². The number of halogens is 3. The van der Waals surface area contributed by atoms with E-state index in [2.05, 4.69) is 10.3 Å². The summed E-state index contributed by atoms with van der Waals surface area (Å²) in [6.07, 6.45) is -4.93. The zero-order valence-electron chi connectivity index (χ0n) is 14.2. The molecule has 0 aromatic heterocycles. The molecule has 25 heavy (non-hydrogen) atoms. The number of alkyl halides is 3. The summed E-state index contributed by atoms with van der Waals surface area (Å²) in [5.74, 6) is 0. The maximum Gasteiger partial charge on any atom is 0.427 e. The van der Waals surface area contributed by atoms with E-state index in [9.17, 15) is 17.7 Å². The largest absolute Gasteiger partial charge is 0.427 e. The molecule has 10 heteroatoms. The molecule has 0 amide bonds. The fourth-order valence-corrected chi connectivity index (χ4v) is 4.99. The minimum absolute atomic E-state index is 0.192. The van der Waals surface area contributed by atoms with E-state index < -0.39 is 31.6 Å². The molecular formula is C15H21F3N3O3P. The molecule has 1 aliphatic heterocycles. The summed E-state index contributed by atoms with van der Waals surface area (Å²) >= 11 is 0. The number of hydrogen-bond acceptors (Lipinski definition) is 6. The van der Waals surface area contributed by atoms with Gasteiger partial charge in [-0.15, -0.1) is 0 Å². The summed E-state index contributed by atoms with van der Waals surface area (Å²) in [7, 11) is -4.64. The SMILES string of the molecule is CCOP(=O)(OCC)[C@]1(C(F)(F)F)CN=NN1[C@@H](C)c1ccccc1. The van der Waals surface area contributed by atoms with Crippen LogP contribution in [0.15, 0.2) is 40.7 Å². The molecule has 0 bridgehead atoms. The molecule has 0 saturated carbocycles. The Morgan fingerprint density at radius 1 is 1.24 bits per heavy atom. The summed E-state index contributed by atoms with van der Waals surface area (Å²) in [5.41, 5.74) is 0.580. The molecular weight excluding hydrogens is 358 g/mol. The quantitative estimate of drug-likeness (QED) is 0.629. The highest BCUT2D eigenvalue weighted by Gasteiger charge is 2.74. The fourth-order valence-electron chi connectivity index (χ4n) is 2.79. The van der Waals surface area contributed by atoms with Gasteiger partial charge in [0, 0.05) is 0 Å². The van der Waals surface area contributed by atoms with E-state index >= 15 is 0 Å². The lowest BCUT2D eigenvalue weighted by atomic mass is 10.1. The Morgan fingerprint density at radius 3 is 2.28 bits per heavy atom.